The van der Waals surface area contributed by atoms with Gasteiger partial charge in [-0.15, -0.1) is 24.0 Å². The van der Waals surface area contributed by atoms with E-state index in [9.17, 15) is 9.90 Å². The predicted octanol–water partition coefficient (Wildman–Crippen LogP) is 3.19. The third kappa shape index (κ3) is 8.05. The van der Waals surface area contributed by atoms with E-state index < -0.39 is 0 Å². The SMILES string of the molecule is CCNC(=NCC(CC)(CC)CCO)NC1CCCC(C(=O)NC2CC2)C1.I. The molecular weight excluding hydrogens is 467 g/mol. The van der Waals surface area contributed by atoms with Gasteiger partial charge in [0, 0.05) is 37.7 Å². The van der Waals surface area contributed by atoms with Crippen molar-refractivity contribution in [2.75, 3.05) is 19.7 Å². The number of rotatable bonds is 10. The number of hydrogen-bond donors (Lipinski definition) is 4. The number of carbonyl (C=O) groups is 1. The minimum absolute atomic E-state index is 0. The number of carbonyl (C=O) groups excluding carboxylic acids is 1. The highest BCUT2D eigenvalue weighted by Crippen LogP contribution is 2.31. The molecule has 0 saturated heterocycles. The van der Waals surface area contributed by atoms with Crippen molar-refractivity contribution in [1.82, 2.24) is 16.0 Å². The molecule has 0 heterocycles. The second-order valence-corrected chi connectivity index (χ2v) is 8.36. The summed E-state index contributed by atoms with van der Waals surface area (Å²) in [4.78, 5) is 17.3. The average Bonchev–Trinajstić information content (AvgIpc) is 3.49. The number of aliphatic hydroxyl groups is 1. The summed E-state index contributed by atoms with van der Waals surface area (Å²) in [5.41, 5.74) is 0.0658. The molecule has 28 heavy (non-hydrogen) atoms. The van der Waals surface area contributed by atoms with Crippen molar-refractivity contribution < 1.29 is 9.90 Å². The summed E-state index contributed by atoms with van der Waals surface area (Å²) in [6, 6.07) is 0.731. The molecule has 0 aliphatic heterocycles. The first kappa shape index (κ1) is 25.5. The van der Waals surface area contributed by atoms with Crippen LogP contribution < -0.4 is 16.0 Å². The fraction of sp³-hybridized carbons (Fsp3) is 0.905. The van der Waals surface area contributed by atoms with Crippen LogP contribution >= 0.6 is 24.0 Å². The van der Waals surface area contributed by atoms with Crippen molar-refractivity contribution >= 4 is 35.8 Å². The molecule has 7 heteroatoms. The van der Waals surface area contributed by atoms with Crippen LogP contribution in [0, 0.1) is 11.3 Å². The fourth-order valence-corrected chi connectivity index (χ4v) is 4.01. The van der Waals surface area contributed by atoms with E-state index in [-0.39, 0.29) is 47.8 Å². The lowest BCUT2D eigenvalue weighted by molar-refractivity contribution is -0.126. The largest absolute Gasteiger partial charge is 0.396 e. The maximum atomic E-state index is 12.4. The zero-order valence-corrected chi connectivity index (χ0v) is 20.3. The number of halogens is 1. The molecule has 2 unspecified atom stereocenters. The number of aliphatic hydroxyl groups excluding tert-OH is 1. The van der Waals surface area contributed by atoms with Crippen LogP contribution in [0.15, 0.2) is 4.99 Å². The van der Waals surface area contributed by atoms with Crippen molar-refractivity contribution in [3.63, 3.8) is 0 Å². The Labute approximate surface area is 188 Å². The summed E-state index contributed by atoms with van der Waals surface area (Å²) < 4.78 is 0. The van der Waals surface area contributed by atoms with E-state index in [4.69, 9.17) is 4.99 Å². The number of aliphatic imine (C=N–C) groups is 1. The molecule has 4 N–H and O–H groups in total. The topological polar surface area (TPSA) is 85.8 Å². The van der Waals surface area contributed by atoms with Gasteiger partial charge in [-0.2, -0.15) is 0 Å². The standard InChI is InChI=1S/C21H40N4O2.HI/c1-4-21(5-2,12-13-26)15-23-20(22-6-3)25-18-9-7-8-16(14-18)19(27)24-17-10-11-17;/h16-18,26H,4-15H2,1-3H3,(H,24,27)(H2,22,23,25);1H. The number of guanidine groups is 1. The van der Waals surface area contributed by atoms with Gasteiger partial charge in [-0.05, 0) is 63.7 Å². The van der Waals surface area contributed by atoms with Gasteiger partial charge in [0.1, 0.15) is 0 Å². The van der Waals surface area contributed by atoms with Crippen LogP contribution in [0.3, 0.4) is 0 Å². The van der Waals surface area contributed by atoms with Gasteiger partial charge in [0.25, 0.3) is 0 Å². The molecule has 6 nitrogen and oxygen atoms in total. The maximum absolute atomic E-state index is 12.4. The van der Waals surface area contributed by atoms with Crippen LogP contribution in [0.2, 0.25) is 0 Å². The normalized spacial score (nSPS) is 22.9. The van der Waals surface area contributed by atoms with Crippen LogP contribution in [0.4, 0.5) is 0 Å². The minimum Gasteiger partial charge on any atom is -0.396 e. The molecule has 2 fully saturated rings. The highest BCUT2D eigenvalue weighted by atomic mass is 127. The summed E-state index contributed by atoms with van der Waals surface area (Å²) in [5, 5.41) is 19.5. The minimum atomic E-state index is 0. The van der Waals surface area contributed by atoms with Crippen LogP contribution in [0.1, 0.15) is 78.6 Å². The summed E-state index contributed by atoms with van der Waals surface area (Å²) in [5.74, 6) is 1.21. The molecule has 0 spiro atoms. The van der Waals surface area contributed by atoms with Crippen LogP contribution in [-0.4, -0.2) is 48.8 Å². The van der Waals surface area contributed by atoms with E-state index in [2.05, 4.69) is 36.7 Å². The van der Waals surface area contributed by atoms with Gasteiger partial charge in [-0.3, -0.25) is 9.79 Å². The van der Waals surface area contributed by atoms with Gasteiger partial charge in [-0.1, -0.05) is 20.3 Å². The van der Waals surface area contributed by atoms with Gasteiger partial charge in [-0.25, -0.2) is 0 Å². The van der Waals surface area contributed by atoms with E-state index in [1.165, 1.54) is 0 Å². The molecule has 0 aromatic heterocycles. The van der Waals surface area contributed by atoms with Crippen molar-refractivity contribution in [2.24, 2.45) is 16.3 Å². The zero-order valence-electron chi connectivity index (χ0n) is 17.9. The Balaban J connectivity index is 0.00000392. The van der Waals surface area contributed by atoms with Gasteiger partial charge >= 0.3 is 0 Å². The number of nitrogens with one attached hydrogen (secondary N) is 3. The van der Waals surface area contributed by atoms with Crippen LogP contribution in [0.5, 0.6) is 0 Å². The second-order valence-electron chi connectivity index (χ2n) is 8.36. The average molecular weight is 508 g/mol. The summed E-state index contributed by atoms with van der Waals surface area (Å²) in [6.45, 7) is 8.17. The van der Waals surface area contributed by atoms with Crippen molar-refractivity contribution in [1.29, 1.82) is 0 Å². The first-order valence-electron chi connectivity index (χ1n) is 11.0. The summed E-state index contributed by atoms with van der Waals surface area (Å²) in [6.07, 6.45) is 9.14. The van der Waals surface area contributed by atoms with E-state index in [1.807, 2.05) is 0 Å². The van der Waals surface area contributed by atoms with Crippen molar-refractivity contribution in [3.05, 3.63) is 0 Å². The van der Waals surface area contributed by atoms with Crippen LogP contribution in [-0.2, 0) is 4.79 Å². The van der Waals surface area contributed by atoms with Crippen molar-refractivity contribution in [2.45, 2.75) is 90.6 Å². The zero-order chi connectivity index (χ0) is 19.7. The monoisotopic (exact) mass is 508 g/mol. The summed E-state index contributed by atoms with van der Waals surface area (Å²) in [7, 11) is 0. The predicted molar refractivity (Wildman–Crippen MR) is 126 cm³/mol. The molecule has 0 radical (unpaired) electrons. The Morgan fingerprint density at radius 1 is 1.07 bits per heavy atom. The lowest BCUT2D eigenvalue weighted by Crippen LogP contribution is -2.47. The van der Waals surface area contributed by atoms with Gasteiger partial charge in [0.2, 0.25) is 5.91 Å². The quantitative estimate of drug-likeness (QED) is 0.208. The molecule has 0 aromatic carbocycles. The molecule has 0 aromatic rings. The molecule has 2 aliphatic rings. The first-order valence-corrected chi connectivity index (χ1v) is 11.0. The number of nitrogens with zero attached hydrogens (tertiary/aromatic N) is 1. The Hall–Kier alpha value is -0.570. The molecule has 0 bridgehead atoms. The lowest BCUT2D eigenvalue weighted by atomic mass is 9.79. The summed E-state index contributed by atoms with van der Waals surface area (Å²) >= 11 is 0. The number of amides is 1. The molecule has 164 valence electrons. The van der Waals surface area contributed by atoms with Gasteiger partial charge in [0.15, 0.2) is 5.96 Å². The van der Waals surface area contributed by atoms with Gasteiger partial charge in [0.05, 0.1) is 0 Å². The fourth-order valence-electron chi connectivity index (χ4n) is 4.01. The smallest absolute Gasteiger partial charge is 0.223 e. The van der Waals surface area contributed by atoms with E-state index in [0.29, 0.717) is 18.6 Å². The molecule has 2 rings (SSSR count). The Morgan fingerprint density at radius 2 is 1.79 bits per heavy atom. The van der Waals surface area contributed by atoms with Crippen molar-refractivity contribution in [3.8, 4) is 0 Å². The van der Waals surface area contributed by atoms with E-state index in [1.54, 1.807) is 0 Å². The Kier molecular flexibility index (Phi) is 11.7. The molecule has 2 aliphatic carbocycles. The molecule has 1 amide bonds. The molecule has 2 saturated carbocycles. The van der Waals surface area contributed by atoms with E-state index in [0.717, 1.165) is 70.3 Å². The third-order valence-electron chi connectivity index (χ3n) is 6.37. The van der Waals surface area contributed by atoms with Crippen LogP contribution in [0.25, 0.3) is 0 Å². The highest BCUT2D eigenvalue weighted by Gasteiger charge is 2.31. The van der Waals surface area contributed by atoms with E-state index >= 15 is 0 Å². The maximum Gasteiger partial charge on any atom is 0.223 e. The third-order valence-corrected chi connectivity index (χ3v) is 6.37. The lowest BCUT2D eigenvalue weighted by Gasteiger charge is -2.32. The van der Waals surface area contributed by atoms with Gasteiger partial charge < -0.3 is 21.1 Å². The molecule has 2 atom stereocenters. The Morgan fingerprint density at radius 3 is 2.36 bits per heavy atom. The Bertz CT molecular complexity index is 493. The number of hydrogen-bond acceptors (Lipinski definition) is 3. The molecular formula is C21H41IN4O2. The highest BCUT2D eigenvalue weighted by molar-refractivity contribution is 14.0. The first-order chi connectivity index (χ1) is 13.1. The second kappa shape index (κ2) is 12.9.